The van der Waals surface area contributed by atoms with E-state index in [-0.39, 0.29) is 17.4 Å². The van der Waals surface area contributed by atoms with Gasteiger partial charge in [-0.15, -0.1) is 0 Å². The van der Waals surface area contributed by atoms with Gasteiger partial charge in [-0.2, -0.15) is 0 Å². The lowest BCUT2D eigenvalue weighted by Crippen LogP contribution is -2.51. The van der Waals surface area contributed by atoms with Gasteiger partial charge in [0, 0.05) is 20.1 Å². The summed E-state index contributed by atoms with van der Waals surface area (Å²) in [6, 6.07) is 0. The van der Waals surface area contributed by atoms with Crippen molar-refractivity contribution < 1.29 is 13.9 Å². The van der Waals surface area contributed by atoms with Crippen LogP contribution < -0.4 is 0 Å². The second-order valence-corrected chi connectivity index (χ2v) is 16.9. The zero-order valence-electron chi connectivity index (χ0n) is 21.9. The first-order valence-electron chi connectivity index (χ1n) is 11.9. The van der Waals surface area contributed by atoms with Crippen LogP contribution in [-0.4, -0.2) is 34.9 Å². The average Bonchev–Trinajstić information content (AvgIpc) is 2.67. The summed E-state index contributed by atoms with van der Waals surface area (Å²) < 4.78 is 20.6. The van der Waals surface area contributed by atoms with Crippen LogP contribution in [0.1, 0.15) is 86.5 Å². The molecule has 5 heteroatoms. The van der Waals surface area contributed by atoms with Crippen LogP contribution in [-0.2, 0) is 13.9 Å². The summed E-state index contributed by atoms with van der Waals surface area (Å²) in [6.45, 7) is 18.7. The Morgan fingerprint density at radius 3 is 2.26 bits per heavy atom. The summed E-state index contributed by atoms with van der Waals surface area (Å²) in [5.74, 6) is 0.303. The number of halogens is 1. The van der Waals surface area contributed by atoms with Gasteiger partial charge >= 0.3 is 0 Å². The highest BCUT2D eigenvalue weighted by molar-refractivity contribution is 14.1. The van der Waals surface area contributed by atoms with Gasteiger partial charge in [0.1, 0.15) is 0 Å². The molecule has 1 aliphatic rings. The predicted molar refractivity (Wildman–Crippen MR) is 145 cm³/mol. The topological polar surface area (TPSA) is 27.7 Å². The van der Waals surface area contributed by atoms with E-state index >= 15 is 0 Å². The Kier molecular flexibility index (Phi) is 12.0. The van der Waals surface area contributed by atoms with Crippen molar-refractivity contribution in [2.75, 3.05) is 14.2 Å². The van der Waals surface area contributed by atoms with Crippen molar-refractivity contribution in [3.05, 3.63) is 21.3 Å². The van der Waals surface area contributed by atoms with Gasteiger partial charge in [0.25, 0.3) is 0 Å². The average molecular weight is 565 g/mol. The Labute approximate surface area is 208 Å². The highest BCUT2D eigenvalue weighted by atomic mass is 127. The van der Waals surface area contributed by atoms with Crippen LogP contribution in [0.25, 0.3) is 0 Å². The summed E-state index contributed by atoms with van der Waals surface area (Å²) in [7, 11) is 1.64. The maximum Gasteiger partial charge on any atom is 0.192 e. The van der Waals surface area contributed by atoms with Crippen molar-refractivity contribution >= 4 is 30.9 Å². The van der Waals surface area contributed by atoms with E-state index in [0.717, 1.165) is 25.7 Å². The van der Waals surface area contributed by atoms with Crippen molar-refractivity contribution in [1.29, 1.82) is 0 Å². The number of methoxy groups -OCH3 is 2. The molecule has 3 atom stereocenters. The Morgan fingerprint density at radius 2 is 1.74 bits per heavy atom. The maximum atomic E-state index is 7.00. The van der Waals surface area contributed by atoms with Gasteiger partial charge in [0.2, 0.25) is 0 Å². The minimum atomic E-state index is -1.87. The van der Waals surface area contributed by atoms with Crippen molar-refractivity contribution in [1.82, 2.24) is 0 Å². The molecule has 0 amide bonds. The molecule has 3 nitrogen and oxygen atoms in total. The lowest BCUT2D eigenvalue weighted by molar-refractivity contribution is -0.175. The quantitative estimate of drug-likeness (QED) is 0.109. The van der Waals surface area contributed by atoms with E-state index in [4.69, 9.17) is 13.9 Å². The molecule has 0 N–H and O–H groups in total. The van der Waals surface area contributed by atoms with Gasteiger partial charge in [-0.1, -0.05) is 67.5 Å². The first-order valence-corrected chi connectivity index (χ1v) is 16.1. The number of hydrogen-bond donors (Lipinski definition) is 0. The molecule has 0 aromatic rings. The van der Waals surface area contributed by atoms with Crippen LogP contribution >= 0.6 is 22.6 Å². The van der Waals surface area contributed by atoms with E-state index < -0.39 is 8.32 Å². The van der Waals surface area contributed by atoms with Gasteiger partial charge in [0.05, 0.1) is 6.10 Å². The first kappa shape index (κ1) is 29.3. The van der Waals surface area contributed by atoms with E-state index in [1.165, 1.54) is 30.4 Å². The smallest absolute Gasteiger partial charge is 0.192 e. The van der Waals surface area contributed by atoms with Crippen LogP contribution in [0.2, 0.25) is 18.1 Å². The fraction of sp³-hybridized carbons (Fsp3) is 0.846. The third-order valence-corrected chi connectivity index (χ3v) is 13.2. The third-order valence-electron chi connectivity index (χ3n) is 7.66. The molecule has 1 aliphatic carbocycles. The second-order valence-electron chi connectivity index (χ2n) is 11.5. The minimum Gasteiger partial charge on any atom is -0.413 e. The van der Waals surface area contributed by atoms with Crippen LogP contribution in [0.5, 0.6) is 0 Å². The van der Waals surface area contributed by atoms with E-state index in [0.29, 0.717) is 11.3 Å². The summed E-state index contributed by atoms with van der Waals surface area (Å²) in [4.78, 5) is 0. The number of hydrogen-bond acceptors (Lipinski definition) is 3. The lowest BCUT2D eigenvalue weighted by Gasteiger charge is -2.49. The molecule has 0 aliphatic heterocycles. The molecule has 182 valence electrons. The Balaban J connectivity index is 2.89. The maximum absolute atomic E-state index is 7.00. The van der Waals surface area contributed by atoms with Crippen LogP contribution in [0.3, 0.4) is 0 Å². The van der Waals surface area contributed by atoms with Crippen LogP contribution in [0.15, 0.2) is 21.3 Å². The first-order chi connectivity index (χ1) is 14.3. The van der Waals surface area contributed by atoms with Gasteiger partial charge in [-0.25, -0.2) is 0 Å². The van der Waals surface area contributed by atoms with Gasteiger partial charge in [-0.05, 0) is 86.4 Å². The standard InChI is InChI=1S/C26H49IO3Si/c1-20(12-11-13-21(2)19-27)14-16-26(6)17-15-22(24(28-7)29-8)23(18-26)30-31(9,10)25(3,4)5/h12,19,22-24H,11,13-18H2,1-10H3/b20-12+,21-19+/t22-,23+,26+/m0/s1. The van der Waals surface area contributed by atoms with Gasteiger partial charge < -0.3 is 13.9 Å². The minimum absolute atomic E-state index is 0.185. The monoisotopic (exact) mass is 564 g/mol. The number of rotatable bonds is 11. The highest BCUT2D eigenvalue weighted by Gasteiger charge is 2.47. The summed E-state index contributed by atoms with van der Waals surface area (Å²) in [6.07, 6.45) is 10.6. The van der Waals surface area contributed by atoms with Gasteiger partial charge in [0.15, 0.2) is 14.6 Å². The largest absolute Gasteiger partial charge is 0.413 e. The van der Waals surface area contributed by atoms with Gasteiger partial charge in [-0.3, -0.25) is 0 Å². The SMILES string of the molecule is COC(OC)[C@H]1CC[C@@](C)(CC/C(C)=C/CC/C(C)=C/I)C[C@H]1O[Si](C)(C)C(C)(C)C. The fourth-order valence-electron chi connectivity index (χ4n) is 4.31. The van der Waals surface area contributed by atoms with Crippen molar-refractivity contribution in [3.8, 4) is 0 Å². The third kappa shape index (κ3) is 9.23. The Morgan fingerprint density at radius 1 is 1.13 bits per heavy atom. The number of allylic oxidation sites excluding steroid dienone is 3. The molecule has 0 aromatic carbocycles. The molecule has 1 rings (SSSR count). The fourth-order valence-corrected chi connectivity index (χ4v) is 5.99. The Bertz CT molecular complexity index is 604. The molecule has 0 spiro atoms. The van der Waals surface area contributed by atoms with E-state index in [2.05, 4.69) is 87.4 Å². The molecular weight excluding hydrogens is 515 g/mol. The normalized spacial score (nSPS) is 26.6. The van der Waals surface area contributed by atoms with Crippen LogP contribution in [0.4, 0.5) is 0 Å². The lowest BCUT2D eigenvalue weighted by atomic mass is 9.67. The molecule has 0 bridgehead atoms. The molecule has 31 heavy (non-hydrogen) atoms. The molecule has 0 unspecified atom stereocenters. The summed E-state index contributed by atoms with van der Waals surface area (Å²) >= 11 is 2.34. The summed E-state index contributed by atoms with van der Waals surface area (Å²) in [5, 5.41) is 0.199. The Hall–Kier alpha value is 0.307. The van der Waals surface area contributed by atoms with E-state index in [1.54, 1.807) is 14.2 Å². The molecule has 0 saturated heterocycles. The molecule has 0 aromatic heterocycles. The van der Waals surface area contributed by atoms with Crippen molar-refractivity contribution in [2.24, 2.45) is 11.3 Å². The zero-order valence-corrected chi connectivity index (χ0v) is 25.1. The van der Waals surface area contributed by atoms with E-state index in [9.17, 15) is 0 Å². The van der Waals surface area contributed by atoms with Crippen LogP contribution in [0, 0.1) is 11.3 Å². The summed E-state index contributed by atoms with van der Waals surface area (Å²) in [5.41, 5.74) is 3.30. The molecule has 1 fully saturated rings. The van der Waals surface area contributed by atoms with Crippen molar-refractivity contribution in [3.63, 3.8) is 0 Å². The molecular formula is C26H49IO3Si. The number of ether oxygens (including phenoxy) is 2. The molecule has 0 radical (unpaired) electrons. The molecule has 1 saturated carbocycles. The van der Waals surface area contributed by atoms with E-state index in [1.807, 2.05) is 0 Å². The zero-order chi connectivity index (χ0) is 23.9. The predicted octanol–water partition coefficient (Wildman–Crippen LogP) is 8.65. The second kappa shape index (κ2) is 12.7. The molecule has 0 heterocycles. The highest BCUT2D eigenvalue weighted by Crippen LogP contribution is 2.48. The van der Waals surface area contributed by atoms with Crippen molar-refractivity contribution in [2.45, 2.75) is 117 Å².